The fraction of sp³-hybridized carbons (Fsp3) is 0.474. The monoisotopic (exact) mass is 342 g/mol. The lowest BCUT2D eigenvalue weighted by Crippen LogP contribution is -2.47. The summed E-state index contributed by atoms with van der Waals surface area (Å²) in [7, 11) is 3.57. The van der Waals surface area contributed by atoms with Gasteiger partial charge in [-0.05, 0) is 37.0 Å². The van der Waals surface area contributed by atoms with Crippen LogP contribution in [0.3, 0.4) is 0 Å². The van der Waals surface area contributed by atoms with Crippen molar-refractivity contribution >= 4 is 11.6 Å². The van der Waals surface area contributed by atoms with Crippen LogP contribution in [0.1, 0.15) is 24.8 Å². The highest BCUT2D eigenvalue weighted by Crippen LogP contribution is 2.24. The normalized spacial score (nSPS) is 17.4. The number of hydrogen-bond donors (Lipinski definition) is 1. The Balaban J connectivity index is 1.51. The third kappa shape index (κ3) is 4.75. The largest absolute Gasteiger partial charge is 0.497 e. The Labute approximate surface area is 148 Å². The lowest BCUT2D eigenvalue weighted by atomic mass is 10.0. The van der Waals surface area contributed by atoms with Gasteiger partial charge in [0.15, 0.2) is 0 Å². The van der Waals surface area contributed by atoms with Gasteiger partial charge in [0.2, 0.25) is 5.91 Å². The van der Waals surface area contributed by atoms with Crippen molar-refractivity contribution in [1.29, 1.82) is 0 Å². The Morgan fingerprint density at radius 3 is 3.08 bits per heavy atom. The summed E-state index contributed by atoms with van der Waals surface area (Å²) < 4.78 is 7.07. The van der Waals surface area contributed by atoms with Crippen molar-refractivity contribution in [3.05, 3.63) is 42.2 Å². The average Bonchev–Trinajstić information content (AvgIpc) is 3.06. The number of ether oxygens (including phenoxy) is 1. The molecule has 25 heavy (non-hydrogen) atoms. The van der Waals surface area contributed by atoms with Crippen LogP contribution in [0.15, 0.2) is 36.7 Å². The summed E-state index contributed by atoms with van der Waals surface area (Å²) in [4.78, 5) is 14.6. The summed E-state index contributed by atoms with van der Waals surface area (Å²) >= 11 is 0. The molecular formula is C19H26N4O2. The molecule has 6 heteroatoms. The smallest absolute Gasteiger partial charge is 0.220 e. The first-order chi connectivity index (χ1) is 12.1. The van der Waals surface area contributed by atoms with Crippen molar-refractivity contribution in [2.45, 2.75) is 31.7 Å². The Morgan fingerprint density at radius 1 is 1.44 bits per heavy atom. The molecule has 0 radical (unpaired) electrons. The van der Waals surface area contributed by atoms with Gasteiger partial charge in [-0.25, -0.2) is 0 Å². The summed E-state index contributed by atoms with van der Waals surface area (Å²) in [5, 5.41) is 7.32. The minimum atomic E-state index is 0.112. The Kier molecular flexibility index (Phi) is 5.58. The second kappa shape index (κ2) is 8.05. The fourth-order valence-electron chi connectivity index (χ4n) is 3.30. The molecule has 134 valence electrons. The highest BCUT2D eigenvalue weighted by molar-refractivity contribution is 5.76. The summed E-state index contributed by atoms with van der Waals surface area (Å²) in [6, 6.07) is 8.29. The van der Waals surface area contributed by atoms with E-state index in [1.165, 1.54) is 0 Å². The molecule has 1 aromatic heterocycles. The second-order valence-corrected chi connectivity index (χ2v) is 6.58. The van der Waals surface area contributed by atoms with E-state index in [2.05, 4.69) is 21.4 Å². The number of benzene rings is 1. The molecule has 0 aliphatic carbocycles. The first kappa shape index (κ1) is 17.3. The lowest BCUT2D eigenvalue weighted by Gasteiger charge is -2.35. The molecule has 0 unspecified atom stereocenters. The van der Waals surface area contributed by atoms with Crippen molar-refractivity contribution in [2.75, 3.05) is 25.1 Å². The number of aryl methyl sites for hydroxylation is 2. The van der Waals surface area contributed by atoms with E-state index in [0.717, 1.165) is 49.4 Å². The predicted molar refractivity (Wildman–Crippen MR) is 97.9 cm³/mol. The number of piperidine rings is 1. The SMILES string of the molecule is COc1cccc(N2CCC[C@H](NC(=O)CCc3cnn(C)c3)C2)c1. The van der Waals surface area contributed by atoms with Gasteiger partial charge in [0.25, 0.3) is 0 Å². The van der Waals surface area contributed by atoms with Crippen molar-refractivity contribution < 1.29 is 9.53 Å². The fourth-order valence-corrected chi connectivity index (χ4v) is 3.30. The van der Waals surface area contributed by atoms with E-state index in [0.29, 0.717) is 6.42 Å². The molecule has 3 rings (SSSR count). The average molecular weight is 342 g/mol. The molecule has 0 saturated carbocycles. The summed E-state index contributed by atoms with van der Waals surface area (Å²) in [6.45, 7) is 1.85. The number of anilines is 1. The molecule has 0 bridgehead atoms. The molecule has 1 amide bonds. The zero-order valence-corrected chi connectivity index (χ0v) is 14.9. The Bertz CT molecular complexity index is 713. The van der Waals surface area contributed by atoms with Crippen LogP contribution < -0.4 is 15.0 Å². The van der Waals surface area contributed by atoms with Crippen molar-refractivity contribution in [3.63, 3.8) is 0 Å². The van der Waals surface area contributed by atoms with Gasteiger partial charge < -0.3 is 15.0 Å². The minimum Gasteiger partial charge on any atom is -0.497 e. The highest BCUT2D eigenvalue weighted by atomic mass is 16.5. The van der Waals surface area contributed by atoms with Crippen molar-refractivity contribution in [1.82, 2.24) is 15.1 Å². The minimum absolute atomic E-state index is 0.112. The molecule has 1 fully saturated rings. The maximum absolute atomic E-state index is 12.3. The molecule has 6 nitrogen and oxygen atoms in total. The molecule has 1 aliphatic heterocycles. The molecule has 1 atom stereocenters. The molecule has 2 aromatic rings. The first-order valence-corrected chi connectivity index (χ1v) is 8.80. The number of nitrogens with one attached hydrogen (secondary N) is 1. The van der Waals surface area contributed by atoms with Gasteiger partial charge in [-0.15, -0.1) is 0 Å². The number of hydrogen-bond acceptors (Lipinski definition) is 4. The molecule has 1 N–H and O–H groups in total. The van der Waals surface area contributed by atoms with Crippen LogP contribution in [0.4, 0.5) is 5.69 Å². The summed E-state index contributed by atoms with van der Waals surface area (Å²) in [5.74, 6) is 0.974. The van der Waals surface area contributed by atoms with Gasteiger partial charge >= 0.3 is 0 Å². The third-order valence-electron chi connectivity index (χ3n) is 4.60. The van der Waals surface area contributed by atoms with Crippen LogP contribution in [-0.2, 0) is 18.3 Å². The molecule has 2 heterocycles. The van der Waals surface area contributed by atoms with E-state index in [4.69, 9.17) is 4.74 Å². The predicted octanol–water partition coefficient (Wildman–Crippen LogP) is 2.15. The van der Waals surface area contributed by atoms with Crippen LogP contribution in [0.25, 0.3) is 0 Å². The first-order valence-electron chi connectivity index (χ1n) is 8.80. The molecular weight excluding hydrogens is 316 g/mol. The Morgan fingerprint density at radius 2 is 2.32 bits per heavy atom. The maximum Gasteiger partial charge on any atom is 0.220 e. The summed E-state index contributed by atoms with van der Waals surface area (Å²) in [6.07, 6.45) is 7.11. The summed E-state index contributed by atoms with van der Waals surface area (Å²) in [5.41, 5.74) is 2.24. The Hall–Kier alpha value is -2.50. The zero-order chi connectivity index (χ0) is 17.6. The van der Waals surface area contributed by atoms with E-state index in [9.17, 15) is 4.79 Å². The standard InChI is InChI=1S/C19H26N4O2/c1-22-13-15(12-20-22)8-9-19(24)21-16-5-4-10-23(14-16)17-6-3-7-18(11-17)25-2/h3,6-7,11-13,16H,4-5,8-10,14H2,1-2H3,(H,21,24)/t16-/m0/s1. The van der Waals surface area contributed by atoms with Crippen LogP contribution >= 0.6 is 0 Å². The van der Waals surface area contributed by atoms with Gasteiger partial charge in [0, 0.05) is 50.6 Å². The van der Waals surface area contributed by atoms with Gasteiger partial charge in [-0.1, -0.05) is 6.07 Å². The molecule has 0 spiro atoms. The van der Waals surface area contributed by atoms with Gasteiger partial charge in [0.05, 0.1) is 13.3 Å². The zero-order valence-electron chi connectivity index (χ0n) is 14.9. The van der Waals surface area contributed by atoms with Gasteiger partial charge in [0.1, 0.15) is 5.75 Å². The maximum atomic E-state index is 12.3. The second-order valence-electron chi connectivity index (χ2n) is 6.58. The number of rotatable bonds is 6. The quantitative estimate of drug-likeness (QED) is 0.874. The molecule has 1 aromatic carbocycles. The number of amides is 1. The number of carbonyl (C=O) groups excluding carboxylic acids is 1. The van der Waals surface area contributed by atoms with E-state index >= 15 is 0 Å². The van der Waals surface area contributed by atoms with Gasteiger partial charge in [-0.2, -0.15) is 5.10 Å². The van der Waals surface area contributed by atoms with Gasteiger partial charge in [-0.3, -0.25) is 9.48 Å². The van der Waals surface area contributed by atoms with Crippen LogP contribution in [0.2, 0.25) is 0 Å². The van der Waals surface area contributed by atoms with Crippen LogP contribution in [0, 0.1) is 0 Å². The molecule has 1 saturated heterocycles. The lowest BCUT2D eigenvalue weighted by molar-refractivity contribution is -0.121. The van der Waals surface area contributed by atoms with Crippen LogP contribution in [-0.4, -0.2) is 41.9 Å². The van der Waals surface area contributed by atoms with E-state index in [-0.39, 0.29) is 11.9 Å². The van der Waals surface area contributed by atoms with Crippen molar-refractivity contribution in [3.8, 4) is 5.75 Å². The van der Waals surface area contributed by atoms with Crippen molar-refractivity contribution in [2.24, 2.45) is 7.05 Å². The topological polar surface area (TPSA) is 59.4 Å². The highest BCUT2D eigenvalue weighted by Gasteiger charge is 2.21. The number of methoxy groups -OCH3 is 1. The van der Waals surface area contributed by atoms with E-state index in [1.807, 2.05) is 37.6 Å². The van der Waals surface area contributed by atoms with E-state index < -0.39 is 0 Å². The number of carbonyl (C=O) groups is 1. The number of aromatic nitrogens is 2. The number of nitrogens with zero attached hydrogens (tertiary/aromatic N) is 3. The van der Waals surface area contributed by atoms with E-state index in [1.54, 1.807) is 11.8 Å². The van der Waals surface area contributed by atoms with Crippen LogP contribution in [0.5, 0.6) is 5.75 Å². The third-order valence-corrected chi connectivity index (χ3v) is 4.60. The molecule has 1 aliphatic rings.